The predicted molar refractivity (Wildman–Crippen MR) is 156 cm³/mol. The molecule has 0 N–H and O–H groups in total. The zero-order valence-corrected chi connectivity index (χ0v) is 26.5. The number of thiophene rings is 1. The highest BCUT2D eigenvalue weighted by Gasteiger charge is 2.49. The monoisotopic (exact) mass is 617 g/mol. The number of amides is 1. The molecular formula is C28H37Cl2NO6S2. The van der Waals surface area contributed by atoms with E-state index in [0.717, 1.165) is 4.88 Å². The molecule has 216 valence electrons. The molecule has 2 heterocycles. The van der Waals surface area contributed by atoms with Crippen LogP contribution in [0.15, 0.2) is 36.4 Å². The first-order chi connectivity index (χ1) is 17.9. The number of carbonyl (C=O) groups excluding carboxylic acids is 2. The fraction of sp³-hybridized carbons (Fsp3) is 0.571. The SMILES string of the molecule is CC[C@@H](CS(=O)(=O)C(C)(C)C)N1C(=O)[C@@H](CC(=O)OC(C)(C)C)O[C@H](c2cccc(Cl)c2)[C@H]1c1ccc(Cl)s1. The Kier molecular flexibility index (Phi) is 9.86. The van der Waals surface area contributed by atoms with Gasteiger partial charge in [0, 0.05) is 15.9 Å². The molecule has 2 aromatic rings. The quantitative estimate of drug-likeness (QED) is 0.303. The van der Waals surface area contributed by atoms with E-state index in [2.05, 4.69) is 0 Å². The van der Waals surface area contributed by atoms with Gasteiger partial charge < -0.3 is 14.4 Å². The van der Waals surface area contributed by atoms with Crippen molar-refractivity contribution in [2.45, 2.75) is 95.9 Å². The second-order valence-electron chi connectivity index (χ2n) is 11.7. The maximum atomic E-state index is 14.1. The fourth-order valence-corrected chi connectivity index (χ4v) is 7.24. The van der Waals surface area contributed by atoms with Gasteiger partial charge in [0.15, 0.2) is 9.84 Å². The van der Waals surface area contributed by atoms with Gasteiger partial charge >= 0.3 is 5.97 Å². The summed E-state index contributed by atoms with van der Waals surface area (Å²) in [5.41, 5.74) is -0.0543. The van der Waals surface area contributed by atoms with Gasteiger partial charge in [-0.3, -0.25) is 9.59 Å². The van der Waals surface area contributed by atoms with Crippen LogP contribution < -0.4 is 0 Å². The highest BCUT2D eigenvalue weighted by Crippen LogP contribution is 2.47. The van der Waals surface area contributed by atoms with Gasteiger partial charge in [-0.2, -0.15) is 0 Å². The third-order valence-corrected chi connectivity index (χ3v) is 10.7. The number of esters is 1. The molecule has 1 aromatic heterocycles. The normalized spacial score (nSPS) is 21.6. The Bertz CT molecular complexity index is 1300. The van der Waals surface area contributed by atoms with Crippen molar-refractivity contribution in [2.75, 3.05) is 5.75 Å². The van der Waals surface area contributed by atoms with Crippen LogP contribution in [-0.4, -0.2) is 53.4 Å². The van der Waals surface area contributed by atoms with Crippen LogP contribution >= 0.6 is 34.5 Å². The van der Waals surface area contributed by atoms with E-state index >= 15 is 0 Å². The highest BCUT2D eigenvalue weighted by molar-refractivity contribution is 7.92. The van der Waals surface area contributed by atoms with Gasteiger partial charge in [0.25, 0.3) is 5.91 Å². The first kappa shape index (κ1) is 31.9. The van der Waals surface area contributed by atoms with E-state index in [1.54, 1.807) is 70.7 Å². The summed E-state index contributed by atoms with van der Waals surface area (Å²) in [6.45, 7) is 12.0. The Labute approximate surface area is 245 Å². The third kappa shape index (κ3) is 7.76. The summed E-state index contributed by atoms with van der Waals surface area (Å²) < 4.78 is 38.1. The Morgan fingerprint density at radius 3 is 2.31 bits per heavy atom. The number of halogens is 2. The van der Waals surface area contributed by atoms with Gasteiger partial charge in [0.1, 0.15) is 17.8 Å². The maximum Gasteiger partial charge on any atom is 0.309 e. The van der Waals surface area contributed by atoms with Crippen LogP contribution in [0.4, 0.5) is 0 Å². The number of nitrogens with zero attached hydrogens (tertiary/aromatic N) is 1. The van der Waals surface area contributed by atoms with E-state index in [-0.39, 0.29) is 12.2 Å². The molecule has 7 nitrogen and oxygen atoms in total. The van der Waals surface area contributed by atoms with E-state index in [1.165, 1.54) is 11.3 Å². The molecule has 0 bridgehead atoms. The average Bonchev–Trinajstić information content (AvgIpc) is 3.22. The lowest BCUT2D eigenvalue weighted by Gasteiger charge is -2.47. The Morgan fingerprint density at radius 1 is 1.13 bits per heavy atom. The number of ether oxygens (including phenoxy) is 2. The minimum Gasteiger partial charge on any atom is -0.460 e. The standard InChI is InChI=1S/C28H37Cl2NO6S2/c1-8-19(16-39(34,35)28(5,6)7)31-24(21-12-13-22(30)38-21)25(17-10-9-11-18(29)14-17)36-20(26(31)33)15-23(32)37-27(2,3)4/h9-14,19-20,24-25H,8,15-16H2,1-7H3/t19-,20+,24+,25+/m0/s1. The van der Waals surface area contributed by atoms with Crippen LogP contribution in [0.3, 0.4) is 0 Å². The molecule has 0 saturated carbocycles. The van der Waals surface area contributed by atoms with Crippen molar-refractivity contribution >= 4 is 56.3 Å². The summed E-state index contributed by atoms with van der Waals surface area (Å²) in [6, 6.07) is 9.28. The second kappa shape index (κ2) is 12.1. The summed E-state index contributed by atoms with van der Waals surface area (Å²) in [7, 11) is -3.61. The first-order valence-electron chi connectivity index (χ1n) is 12.9. The number of hydrogen-bond acceptors (Lipinski definition) is 7. The lowest BCUT2D eigenvalue weighted by atomic mass is 9.93. The molecule has 4 atom stereocenters. The maximum absolute atomic E-state index is 14.1. The Balaban J connectivity index is 2.17. The van der Waals surface area contributed by atoms with E-state index < -0.39 is 56.4 Å². The average molecular weight is 619 g/mol. The van der Waals surface area contributed by atoms with Crippen molar-refractivity contribution in [3.8, 4) is 0 Å². The number of rotatable bonds is 8. The zero-order valence-electron chi connectivity index (χ0n) is 23.4. The number of carbonyl (C=O) groups is 2. The van der Waals surface area contributed by atoms with Gasteiger partial charge in [0.2, 0.25) is 0 Å². The van der Waals surface area contributed by atoms with Gasteiger partial charge in [-0.1, -0.05) is 42.3 Å². The summed E-state index contributed by atoms with van der Waals surface area (Å²) >= 11 is 14.0. The van der Waals surface area contributed by atoms with Crippen LogP contribution in [0.5, 0.6) is 0 Å². The van der Waals surface area contributed by atoms with E-state index in [0.29, 0.717) is 21.3 Å². The molecule has 1 aromatic carbocycles. The summed E-state index contributed by atoms with van der Waals surface area (Å²) in [5.74, 6) is -1.29. The fourth-order valence-electron chi connectivity index (χ4n) is 4.45. The number of morpholine rings is 1. The van der Waals surface area contributed by atoms with Gasteiger partial charge in [-0.25, -0.2) is 8.42 Å². The lowest BCUT2D eigenvalue weighted by molar-refractivity contribution is -0.185. The molecule has 0 radical (unpaired) electrons. The second-order valence-corrected chi connectivity index (χ2v) is 16.6. The van der Waals surface area contributed by atoms with Crippen LogP contribution in [0.25, 0.3) is 0 Å². The molecule has 0 aliphatic carbocycles. The van der Waals surface area contributed by atoms with Crippen molar-refractivity contribution in [1.29, 1.82) is 0 Å². The molecule has 1 aliphatic heterocycles. The van der Waals surface area contributed by atoms with Gasteiger partial charge in [-0.15, -0.1) is 11.3 Å². The number of benzene rings is 1. The molecule has 0 unspecified atom stereocenters. The molecule has 1 fully saturated rings. The van der Waals surface area contributed by atoms with E-state index in [4.69, 9.17) is 32.7 Å². The van der Waals surface area contributed by atoms with Crippen molar-refractivity contribution in [3.05, 3.63) is 56.2 Å². The van der Waals surface area contributed by atoms with Crippen LogP contribution in [0.2, 0.25) is 9.36 Å². The van der Waals surface area contributed by atoms with E-state index in [1.807, 2.05) is 19.1 Å². The lowest BCUT2D eigenvalue weighted by Crippen LogP contribution is -2.57. The van der Waals surface area contributed by atoms with Crippen molar-refractivity contribution < 1.29 is 27.5 Å². The van der Waals surface area contributed by atoms with Crippen molar-refractivity contribution in [3.63, 3.8) is 0 Å². The summed E-state index contributed by atoms with van der Waals surface area (Å²) in [5, 5.41) is 0.480. The summed E-state index contributed by atoms with van der Waals surface area (Å²) in [6.07, 6.45) is -1.86. The number of hydrogen-bond donors (Lipinski definition) is 0. The predicted octanol–water partition coefficient (Wildman–Crippen LogP) is 6.79. The van der Waals surface area contributed by atoms with Gasteiger partial charge in [-0.05, 0) is 77.8 Å². The molecule has 1 aliphatic rings. The topological polar surface area (TPSA) is 90.0 Å². The van der Waals surface area contributed by atoms with E-state index in [9.17, 15) is 18.0 Å². The highest BCUT2D eigenvalue weighted by atomic mass is 35.5. The summed E-state index contributed by atoms with van der Waals surface area (Å²) in [4.78, 5) is 29.3. The van der Waals surface area contributed by atoms with Crippen molar-refractivity contribution in [1.82, 2.24) is 4.90 Å². The van der Waals surface area contributed by atoms with Crippen LogP contribution in [0.1, 0.15) is 83.9 Å². The van der Waals surface area contributed by atoms with Crippen molar-refractivity contribution in [2.24, 2.45) is 0 Å². The number of sulfone groups is 1. The molecule has 1 saturated heterocycles. The smallest absolute Gasteiger partial charge is 0.309 e. The molecule has 3 rings (SSSR count). The van der Waals surface area contributed by atoms with Crippen LogP contribution in [-0.2, 0) is 28.9 Å². The Hall–Kier alpha value is -1.65. The largest absolute Gasteiger partial charge is 0.460 e. The minimum atomic E-state index is -3.61. The minimum absolute atomic E-state index is 0.240. The molecular weight excluding hydrogens is 581 g/mol. The third-order valence-electron chi connectivity index (χ3n) is 6.47. The Morgan fingerprint density at radius 2 is 1.79 bits per heavy atom. The molecule has 0 spiro atoms. The molecule has 39 heavy (non-hydrogen) atoms. The van der Waals surface area contributed by atoms with Crippen LogP contribution in [0, 0.1) is 0 Å². The molecule has 1 amide bonds. The first-order valence-corrected chi connectivity index (χ1v) is 16.1. The van der Waals surface area contributed by atoms with Gasteiger partial charge in [0.05, 0.1) is 27.3 Å². The molecule has 11 heteroatoms. The zero-order chi connectivity index (χ0) is 29.3.